The molecule has 0 unspecified atom stereocenters. The Morgan fingerprint density at radius 2 is 2.06 bits per heavy atom. The van der Waals surface area contributed by atoms with Gasteiger partial charge in [0.05, 0.1) is 24.7 Å². The van der Waals surface area contributed by atoms with Gasteiger partial charge in [0.1, 0.15) is 5.82 Å². The first-order valence-corrected chi connectivity index (χ1v) is 5.72. The van der Waals surface area contributed by atoms with Crippen molar-refractivity contribution in [2.45, 2.75) is 20.4 Å². The summed E-state index contributed by atoms with van der Waals surface area (Å²) in [6, 6.07) is 3.85. The molecule has 2 rings (SSSR count). The fourth-order valence-corrected chi connectivity index (χ4v) is 1.56. The molecule has 0 aliphatic rings. The van der Waals surface area contributed by atoms with E-state index in [1.54, 1.807) is 19.5 Å². The molecule has 0 saturated heterocycles. The third-order valence-electron chi connectivity index (χ3n) is 2.70. The summed E-state index contributed by atoms with van der Waals surface area (Å²) < 4.78 is 5.19. The minimum Gasteiger partial charge on any atom is -0.481 e. The molecule has 2 aromatic heterocycles. The minimum absolute atomic E-state index is 0.605. The summed E-state index contributed by atoms with van der Waals surface area (Å²) in [6.45, 7) is 4.49. The highest BCUT2D eigenvalue weighted by atomic mass is 16.5. The second-order valence-corrected chi connectivity index (χ2v) is 3.95. The molecule has 2 heterocycles. The van der Waals surface area contributed by atoms with Gasteiger partial charge in [-0.25, -0.2) is 9.97 Å². The molecule has 18 heavy (non-hydrogen) atoms. The van der Waals surface area contributed by atoms with Gasteiger partial charge in [0.25, 0.3) is 0 Å². The van der Waals surface area contributed by atoms with Gasteiger partial charge in [0, 0.05) is 18.3 Å². The summed E-state index contributed by atoms with van der Waals surface area (Å²) in [4.78, 5) is 12.8. The molecule has 0 bridgehead atoms. The van der Waals surface area contributed by atoms with Gasteiger partial charge in [0.2, 0.25) is 5.88 Å². The molecule has 0 amide bonds. The van der Waals surface area contributed by atoms with E-state index in [2.05, 4.69) is 20.3 Å². The van der Waals surface area contributed by atoms with Crippen molar-refractivity contribution in [3.05, 3.63) is 41.5 Å². The number of hydrogen-bond acceptors (Lipinski definition) is 5. The number of rotatable bonds is 4. The molecule has 0 spiro atoms. The summed E-state index contributed by atoms with van der Waals surface area (Å²) in [5.74, 6) is 1.38. The van der Waals surface area contributed by atoms with Gasteiger partial charge in [-0.15, -0.1) is 0 Å². The number of pyridine rings is 1. The van der Waals surface area contributed by atoms with Crippen LogP contribution in [0, 0.1) is 13.8 Å². The summed E-state index contributed by atoms with van der Waals surface area (Å²) in [6.07, 6.45) is 3.43. The maximum Gasteiger partial charge on any atom is 0.218 e. The molecule has 0 atom stereocenters. The van der Waals surface area contributed by atoms with Crippen molar-refractivity contribution in [3.63, 3.8) is 0 Å². The molecule has 0 radical (unpaired) electrons. The zero-order chi connectivity index (χ0) is 13.0. The van der Waals surface area contributed by atoms with Crippen LogP contribution >= 0.6 is 0 Å². The number of hydrogen-bond donors (Lipinski definition) is 1. The molecular formula is C13H16N4O. The Labute approximate surface area is 106 Å². The smallest absolute Gasteiger partial charge is 0.218 e. The number of nitrogens with one attached hydrogen (secondary N) is 1. The van der Waals surface area contributed by atoms with Crippen molar-refractivity contribution in [1.82, 2.24) is 15.0 Å². The van der Waals surface area contributed by atoms with Crippen LogP contribution in [0.3, 0.4) is 0 Å². The van der Waals surface area contributed by atoms with E-state index in [-0.39, 0.29) is 0 Å². The fraction of sp³-hybridized carbons (Fsp3) is 0.308. The van der Waals surface area contributed by atoms with Crippen LogP contribution in [0.1, 0.15) is 17.0 Å². The van der Waals surface area contributed by atoms with Crippen LogP contribution in [0.4, 0.5) is 5.82 Å². The molecule has 0 fully saturated rings. The lowest BCUT2D eigenvalue weighted by molar-refractivity contribution is 0.393. The van der Waals surface area contributed by atoms with E-state index in [0.717, 1.165) is 22.8 Å². The van der Waals surface area contributed by atoms with Crippen molar-refractivity contribution in [2.24, 2.45) is 0 Å². The summed E-state index contributed by atoms with van der Waals surface area (Å²) >= 11 is 0. The van der Waals surface area contributed by atoms with Crippen LogP contribution in [-0.2, 0) is 6.54 Å². The van der Waals surface area contributed by atoms with Crippen LogP contribution in [0.15, 0.2) is 24.5 Å². The van der Waals surface area contributed by atoms with E-state index in [0.29, 0.717) is 12.4 Å². The maximum atomic E-state index is 5.19. The molecule has 2 aromatic rings. The van der Waals surface area contributed by atoms with Gasteiger partial charge in [0.15, 0.2) is 0 Å². The van der Waals surface area contributed by atoms with Gasteiger partial charge >= 0.3 is 0 Å². The number of aryl methyl sites for hydroxylation is 2. The lowest BCUT2D eigenvalue weighted by Crippen LogP contribution is -2.05. The third-order valence-corrected chi connectivity index (χ3v) is 2.70. The molecule has 5 heteroatoms. The Morgan fingerprint density at radius 3 is 2.78 bits per heavy atom. The predicted molar refractivity (Wildman–Crippen MR) is 69.6 cm³/mol. The molecule has 1 N–H and O–H groups in total. The molecule has 0 aromatic carbocycles. The van der Waals surface area contributed by atoms with Crippen LogP contribution in [0.5, 0.6) is 5.88 Å². The highest BCUT2D eigenvalue weighted by molar-refractivity contribution is 5.36. The van der Waals surface area contributed by atoms with Gasteiger partial charge in [-0.05, 0) is 19.9 Å². The Morgan fingerprint density at radius 1 is 1.22 bits per heavy atom. The first kappa shape index (κ1) is 12.3. The monoisotopic (exact) mass is 244 g/mol. The molecule has 0 saturated carbocycles. The largest absolute Gasteiger partial charge is 0.481 e. The van der Waals surface area contributed by atoms with Gasteiger partial charge in [-0.1, -0.05) is 6.07 Å². The van der Waals surface area contributed by atoms with Crippen LogP contribution < -0.4 is 10.1 Å². The number of nitrogens with zero attached hydrogens (tertiary/aromatic N) is 3. The van der Waals surface area contributed by atoms with Crippen LogP contribution in [0.2, 0.25) is 0 Å². The first-order valence-electron chi connectivity index (χ1n) is 5.72. The van der Waals surface area contributed by atoms with E-state index in [4.69, 9.17) is 4.74 Å². The average Bonchev–Trinajstić information content (AvgIpc) is 2.40. The van der Waals surface area contributed by atoms with E-state index in [1.165, 1.54) is 0 Å². The number of ether oxygens (including phenoxy) is 1. The first-order chi connectivity index (χ1) is 8.70. The number of anilines is 1. The standard InChI is InChI=1S/C13H16N4O/c1-9-10(2)17-12(8-15-9)16-7-11-5-4-6-14-13(11)18-3/h4-6,8H,7H2,1-3H3,(H,16,17). The van der Waals surface area contributed by atoms with E-state index >= 15 is 0 Å². The van der Waals surface area contributed by atoms with E-state index < -0.39 is 0 Å². The van der Waals surface area contributed by atoms with E-state index in [9.17, 15) is 0 Å². The molecular weight excluding hydrogens is 228 g/mol. The molecule has 94 valence electrons. The second-order valence-electron chi connectivity index (χ2n) is 3.95. The Kier molecular flexibility index (Phi) is 3.72. The Bertz CT molecular complexity index is 542. The maximum absolute atomic E-state index is 5.19. The highest BCUT2D eigenvalue weighted by Crippen LogP contribution is 2.15. The van der Waals surface area contributed by atoms with Gasteiger partial charge in [-0.2, -0.15) is 0 Å². The lowest BCUT2D eigenvalue weighted by atomic mass is 10.2. The molecule has 5 nitrogen and oxygen atoms in total. The minimum atomic E-state index is 0.605. The van der Waals surface area contributed by atoms with Crippen molar-refractivity contribution in [1.29, 1.82) is 0 Å². The lowest BCUT2D eigenvalue weighted by Gasteiger charge is -2.09. The quantitative estimate of drug-likeness (QED) is 0.892. The van der Waals surface area contributed by atoms with Crippen LogP contribution in [-0.4, -0.2) is 22.1 Å². The SMILES string of the molecule is COc1ncccc1CNc1cnc(C)c(C)n1. The fourth-order valence-electron chi connectivity index (χ4n) is 1.56. The zero-order valence-corrected chi connectivity index (χ0v) is 10.8. The third kappa shape index (κ3) is 2.74. The van der Waals surface area contributed by atoms with Crippen molar-refractivity contribution in [3.8, 4) is 5.88 Å². The van der Waals surface area contributed by atoms with Gasteiger partial charge < -0.3 is 10.1 Å². The molecule has 0 aliphatic carbocycles. The zero-order valence-electron chi connectivity index (χ0n) is 10.8. The molecule has 0 aliphatic heterocycles. The summed E-state index contributed by atoms with van der Waals surface area (Å²) in [7, 11) is 1.61. The number of methoxy groups -OCH3 is 1. The van der Waals surface area contributed by atoms with E-state index in [1.807, 2.05) is 26.0 Å². The number of aromatic nitrogens is 3. The predicted octanol–water partition coefficient (Wildman–Crippen LogP) is 2.11. The van der Waals surface area contributed by atoms with Gasteiger partial charge in [-0.3, -0.25) is 4.98 Å². The van der Waals surface area contributed by atoms with Crippen LogP contribution in [0.25, 0.3) is 0 Å². The van der Waals surface area contributed by atoms with Crippen molar-refractivity contribution >= 4 is 5.82 Å². The Balaban J connectivity index is 2.09. The second kappa shape index (κ2) is 5.44. The average molecular weight is 244 g/mol. The normalized spacial score (nSPS) is 10.2. The topological polar surface area (TPSA) is 59.9 Å². The summed E-state index contributed by atoms with van der Waals surface area (Å²) in [5.41, 5.74) is 2.86. The highest BCUT2D eigenvalue weighted by Gasteiger charge is 2.04. The van der Waals surface area contributed by atoms with Crippen molar-refractivity contribution in [2.75, 3.05) is 12.4 Å². The van der Waals surface area contributed by atoms with Crippen molar-refractivity contribution < 1.29 is 4.74 Å². The Hall–Kier alpha value is -2.17. The summed E-state index contributed by atoms with van der Waals surface area (Å²) in [5, 5.41) is 3.21.